The molecule has 0 spiro atoms. The standard InChI is InChI=1S/C15H11BrFN3O/c16-10-4-5-12(13(18)8-10)15-19-14(20-21-15)7-9-2-1-3-11(17)6-9/h1-6,8H,7,18H2. The summed E-state index contributed by atoms with van der Waals surface area (Å²) in [6, 6.07) is 11.7. The van der Waals surface area contributed by atoms with Crippen molar-refractivity contribution in [3.05, 3.63) is 64.1 Å². The average Bonchev–Trinajstić information content (AvgIpc) is 2.87. The van der Waals surface area contributed by atoms with Gasteiger partial charge in [-0.15, -0.1) is 0 Å². The van der Waals surface area contributed by atoms with Crippen LogP contribution in [0.3, 0.4) is 0 Å². The molecule has 2 N–H and O–H groups in total. The molecule has 0 aliphatic carbocycles. The molecule has 2 aromatic carbocycles. The first-order chi connectivity index (χ1) is 10.1. The molecule has 3 aromatic rings. The molecule has 0 radical (unpaired) electrons. The van der Waals surface area contributed by atoms with Crippen molar-refractivity contribution in [2.45, 2.75) is 6.42 Å². The van der Waals surface area contributed by atoms with Gasteiger partial charge in [-0.1, -0.05) is 33.2 Å². The molecule has 0 bridgehead atoms. The lowest BCUT2D eigenvalue weighted by atomic mass is 10.1. The highest BCUT2D eigenvalue weighted by molar-refractivity contribution is 9.10. The third-order valence-electron chi connectivity index (χ3n) is 2.96. The van der Waals surface area contributed by atoms with Gasteiger partial charge < -0.3 is 10.3 Å². The largest absolute Gasteiger partial charge is 0.398 e. The van der Waals surface area contributed by atoms with Gasteiger partial charge in [0.05, 0.1) is 5.56 Å². The van der Waals surface area contributed by atoms with E-state index in [-0.39, 0.29) is 5.82 Å². The molecule has 0 aliphatic rings. The first-order valence-corrected chi connectivity index (χ1v) is 7.03. The van der Waals surface area contributed by atoms with Crippen molar-refractivity contribution < 1.29 is 8.91 Å². The van der Waals surface area contributed by atoms with Crippen LogP contribution >= 0.6 is 15.9 Å². The Labute approximate surface area is 128 Å². The molecule has 21 heavy (non-hydrogen) atoms. The predicted molar refractivity (Wildman–Crippen MR) is 81.1 cm³/mol. The molecule has 0 aliphatic heterocycles. The number of hydrogen-bond acceptors (Lipinski definition) is 4. The van der Waals surface area contributed by atoms with E-state index in [1.54, 1.807) is 18.2 Å². The van der Waals surface area contributed by atoms with Gasteiger partial charge in [-0.3, -0.25) is 0 Å². The van der Waals surface area contributed by atoms with Crippen LogP contribution in [-0.4, -0.2) is 10.1 Å². The van der Waals surface area contributed by atoms with Crippen molar-refractivity contribution in [1.82, 2.24) is 10.1 Å². The number of nitrogens with two attached hydrogens (primary N) is 1. The first-order valence-electron chi connectivity index (χ1n) is 6.24. The maximum absolute atomic E-state index is 13.1. The third-order valence-corrected chi connectivity index (χ3v) is 3.46. The number of nitrogen functional groups attached to an aromatic ring is 1. The Morgan fingerprint density at radius 2 is 2.05 bits per heavy atom. The Bertz CT molecular complexity index is 788. The molecule has 0 atom stereocenters. The highest BCUT2D eigenvalue weighted by Crippen LogP contribution is 2.27. The van der Waals surface area contributed by atoms with Crippen LogP contribution in [0.2, 0.25) is 0 Å². The predicted octanol–water partition coefficient (Wildman–Crippen LogP) is 3.81. The molecule has 0 saturated carbocycles. The van der Waals surface area contributed by atoms with Gasteiger partial charge in [-0.2, -0.15) is 4.98 Å². The molecular formula is C15H11BrFN3O. The summed E-state index contributed by atoms with van der Waals surface area (Å²) in [7, 11) is 0. The van der Waals surface area contributed by atoms with E-state index in [0.29, 0.717) is 29.4 Å². The van der Waals surface area contributed by atoms with E-state index in [2.05, 4.69) is 26.1 Å². The minimum atomic E-state index is -0.284. The number of anilines is 1. The normalized spacial score (nSPS) is 10.8. The van der Waals surface area contributed by atoms with Gasteiger partial charge in [0.1, 0.15) is 5.82 Å². The molecule has 0 unspecified atom stereocenters. The Kier molecular flexibility index (Phi) is 3.70. The van der Waals surface area contributed by atoms with E-state index in [0.717, 1.165) is 10.0 Å². The summed E-state index contributed by atoms with van der Waals surface area (Å²) in [5.74, 6) is 0.553. The van der Waals surface area contributed by atoms with E-state index in [1.165, 1.54) is 12.1 Å². The van der Waals surface area contributed by atoms with Gasteiger partial charge in [-0.05, 0) is 35.9 Å². The van der Waals surface area contributed by atoms with Crippen molar-refractivity contribution in [3.8, 4) is 11.5 Å². The number of benzene rings is 2. The summed E-state index contributed by atoms with van der Waals surface area (Å²) >= 11 is 3.34. The summed E-state index contributed by atoms with van der Waals surface area (Å²) in [5.41, 5.74) is 7.93. The summed E-state index contributed by atoms with van der Waals surface area (Å²) in [6.45, 7) is 0. The summed E-state index contributed by atoms with van der Waals surface area (Å²) in [5, 5.41) is 3.91. The molecular weight excluding hydrogens is 337 g/mol. The summed E-state index contributed by atoms with van der Waals surface area (Å²) < 4.78 is 19.2. The smallest absolute Gasteiger partial charge is 0.260 e. The number of rotatable bonds is 3. The first kappa shape index (κ1) is 13.8. The molecule has 1 heterocycles. The topological polar surface area (TPSA) is 64.9 Å². The molecule has 0 saturated heterocycles. The van der Waals surface area contributed by atoms with E-state index in [1.807, 2.05) is 12.1 Å². The second-order valence-corrected chi connectivity index (χ2v) is 5.47. The molecule has 4 nitrogen and oxygen atoms in total. The average molecular weight is 348 g/mol. The number of nitrogens with zero attached hydrogens (tertiary/aromatic N) is 2. The highest BCUT2D eigenvalue weighted by Gasteiger charge is 2.12. The second kappa shape index (κ2) is 5.65. The maximum atomic E-state index is 13.1. The van der Waals surface area contributed by atoms with Gasteiger partial charge >= 0.3 is 0 Å². The number of halogens is 2. The fourth-order valence-corrected chi connectivity index (χ4v) is 2.37. The number of aromatic nitrogens is 2. The van der Waals surface area contributed by atoms with Crippen molar-refractivity contribution in [2.75, 3.05) is 5.73 Å². The van der Waals surface area contributed by atoms with E-state index < -0.39 is 0 Å². The van der Waals surface area contributed by atoms with Gasteiger partial charge in [0.15, 0.2) is 5.82 Å². The quantitative estimate of drug-likeness (QED) is 0.731. The monoisotopic (exact) mass is 347 g/mol. The minimum Gasteiger partial charge on any atom is -0.398 e. The van der Waals surface area contributed by atoms with E-state index >= 15 is 0 Å². The molecule has 3 rings (SSSR count). The van der Waals surface area contributed by atoms with Gasteiger partial charge in [0.2, 0.25) is 0 Å². The van der Waals surface area contributed by atoms with Gasteiger partial charge in [0.25, 0.3) is 5.89 Å². The zero-order valence-corrected chi connectivity index (χ0v) is 12.5. The van der Waals surface area contributed by atoms with Crippen LogP contribution in [0.5, 0.6) is 0 Å². The maximum Gasteiger partial charge on any atom is 0.260 e. The van der Waals surface area contributed by atoms with Crippen LogP contribution in [0.25, 0.3) is 11.5 Å². The van der Waals surface area contributed by atoms with Crippen molar-refractivity contribution >= 4 is 21.6 Å². The molecule has 0 amide bonds. The lowest BCUT2D eigenvalue weighted by Gasteiger charge is -2.00. The zero-order valence-electron chi connectivity index (χ0n) is 10.9. The second-order valence-electron chi connectivity index (χ2n) is 4.55. The zero-order chi connectivity index (χ0) is 14.8. The lowest BCUT2D eigenvalue weighted by Crippen LogP contribution is -1.93. The SMILES string of the molecule is Nc1cc(Br)ccc1-c1nc(Cc2cccc(F)c2)no1. The van der Waals surface area contributed by atoms with Crippen molar-refractivity contribution in [1.29, 1.82) is 0 Å². The minimum absolute atomic E-state index is 0.284. The summed E-state index contributed by atoms with van der Waals surface area (Å²) in [4.78, 5) is 4.30. The van der Waals surface area contributed by atoms with Gasteiger partial charge in [0, 0.05) is 16.6 Å². The van der Waals surface area contributed by atoms with Crippen molar-refractivity contribution in [2.24, 2.45) is 0 Å². The fraction of sp³-hybridized carbons (Fsp3) is 0.0667. The Morgan fingerprint density at radius 3 is 2.81 bits per heavy atom. The molecule has 0 fully saturated rings. The van der Waals surface area contributed by atoms with E-state index in [4.69, 9.17) is 10.3 Å². The molecule has 106 valence electrons. The Hall–Kier alpha value is -2.21. The lowest BCUT2D eigenvalue weighted by molar-refractivity contribution is 0.424. The highest BCUT2D eigenvalue weighted by atomic mass is 79.9. The molecule has 6 heteroatoms. The Balaban J connectivity index is 1.86. The van der Waals surface area contributed by atoms with E-state index in [9.17, 15) is 4.39 Å². The van der Waals surface area contributed by atoms with Gasteiger partial charge in [-0.25, -0.2) is 4.39 Å². The Morgan fingerprint density at radius 1 is 1.19 bits per heavy atom. The van der Waals surface area contributed by atoms with Crippen molar-refractivity contribution in [3.63, 3.8) is 0 Å². The van der Waals surface area contributed by atoms with Crippen LogP contribution in [0, 0.1) is 5.82 Å². The van der Waals surface area contributed by atoms with Crippen LogP contribution in [0.4, 0.5) is 10.1 Å². The third kappa shape index (κ3) is 3.11. The number of hydrogen-bond donors (Lipinski definition) is 1. The molecule has 1 aromatic heterocycles. The van der Waals surface area contributed by atoms with Crippen LogP contribution in [-0.2, 0) is 6.42 Å². The van der Waals surface area contributed by atoms with Crippen LogP contribution < -0.4 is 5.73 Å². The fourth-order valence-electron chi connectivity index (χ4n) is 1.99. The summed E-state index contributed by atoms with van der Waals surface area (Å²) in [6.07, 6.45) is 0.400. The van der Waals surface area contributed by atoms with Crippen LogP contribution in [0.1, 0.15) is 11.4 Å². The van der Waals surface area contributed by atoms with Crippen LogP contribution in [0.15, 0.2) is 51.5 Å².